The van der Waals surface area contributed by atoms with Crippen LogP contribution >= 0.6 is 0 Å². The number of benzene rings is 1. The highest BCUT2D eigenvalue weighted by Crippen LogP contribution is 2.37. The normalized spacial score (nSPS) is 13.8. The number of anilines is 1. The molecule has 2 aromatic heterocycles. The van der Waals surface area contributed by atoms with Gasteiger partial charge in [-0.05, 0) is 64.4 Å². The van der Waals surface area contributed by atoms with Crippen LogP contribution in [-0.4, -0.2) is 65.8 Å². The van der Waals surface area contributed by atoms with Crippen LogP contribution in [0.25, 0.3) is 21.9 Å². The van der Waals surface area contributed by atoms with Gasteiger partial charge in [-0.2, -0.15) is 0 Å². The Bertz CT molecular complexity index is 1040. The van der Waals surface area contributed by atoms with E-state index in [1.54, 1.807) is 13.3 Å². The maximum atomic E-state index is 8.36. The number of aromatic nitrogens is 2. The number of carboxylic acid groups (broad SMARTS) is 1. The number of ether oxygens (including phenoxy) is 2. The SMILES string of the molecule is COc1cc2c(NC(C)C)c3ncccc3nc2cc1OCCCN1CCCC1.O=CO. The summed E-state index contributed by atoms with van der Waals surface area (Å²) in [6.07, 6.45) is 5.45. The van der Waals surface area contributed by atoms with E-state index in [1.165, 1.54) is 25.9 Å². The number of pyridine rings is 2. The summed E-state index contributed by atoms with van der Waals surface area (Å²) in [5.74, 6) is 1.47. The minimum Gasteiger partial charge on any atom is -0.493 e. The van der Waals surface area contributed by atoms with Crippen LogP contribution in [0.3, 0.4) is 0 Å². The summed E-state index contributed by atoms with van der Waals surface area (Å²) in [4.78, 5) is 20.3. The van der Waals surface area contributed by atoms with E-state index < -0.39 is 0 Å². The predicted molar refractivity (Wildman–Crippen MR) is 127 cm³/mol. The third-order valence-electron chi connectivity index (χ3n) is 5.32. The van der Waals surface area contributed by atoms with Gasteiger partial charge in [0.05, 0.1) is 30.4 Å². The van der Waals surface area contributed by atoms with Crippen molar-refractivity contribution in [3.05, 3.63) is 30.5 Å². The molecule has 0 atom stereocenters. The Morgan fingerprint density at radius 2 is 1.97 bits per heavy atom. The van der Waals surface area contributed by atoms with Crippen LogP contribution in [0, 0.1) is 0 Å². The molecule has 8 heteroatoms. The van der Waals surface area contributed by atoms with Crippen LogP contribution in [0.4, 0.5) is 5.69 Å². The summed E-state index contributed by atoms with van der Waals surface area (Å²) in [5.41, 5.74) is 3.60. The van der Waals surface area contributed by atoms with Gasteiger partial charge in [-0.1, -0.05) is 0 Å². The van der Waals surface area contributed by atoms with E-state index in [0.29, 0.717) is 6.61 Å². The Balaban J connectivity index is 0.000000913. The van der Waals surface area contributed by atoms with Gasteiger partial charge in [0.1, 0.15) is 5.52 Å². The second-order valence-electron chi connectivity index (χ2n) is 8.03. The maximum Gasteiger partial charge on any atom is 0.290 e. The number of methoxy groups -OCH3 is 1. The number of rotatable bonds is 8. The molecule has 8 nitrogen and oxygen atoms in total. The Morgan fingerprint density at radius 3 is 2.66 bits per heavy atom. The van der Waals surface area contributed by atoms with Crippen molar-refractivity contribution in [1.29, 1.82) is 0 Å². The van der Waals surface area contributed by atoms with Gasteiger partial charge < -0.3 is 24.8 Å². The van der Waals surface area contributed by atoms with Crippen molar-refractivity contribution < 1.29 is 19.4 Å². The van der Waals surface area contributed by atoms with Gasteiger partial charge in [-0.15, -0.1) is 0 Å². The van der Waals surface area contributed by atoms with Gasteiger partial charge >= 0.3 is 0 Å². The molecule has 0 bridgehead atoms. The standard InChI is InChI=1S/C23H30N4O2.CH2O2/c1-16(2)25-22-17-14-20(28-3)21(29-13-7-12-27-10-4-5-11-27)15-19(17)26-18-8-6-9-24-23(18)22;2-1-3/h6,8-9,14-16H,4-5,7,10-13H2,1-3H3,(H,25,26);1H,(H,2,3). The molecule has 4 rings (SSSR count). The molecule has 172 valence electrons. The lowest BCUT2D eigenvalue weighted by Gasteiger charge is -2.18. The minimum absolute atomic E-state index is 0.250. The van der Waals surface area contributed by atoms with Crippen molar-refractivity contribution in [3.63, 3.8) is 0 Å². The van der Waals surface area contributed by atoms with E-state index >= 15 is 0 Å². The summed E-state index contributed by atoms with van der Waals surface area (Å²) in [6.45, 7) is 8.19. The average molecular weight is 441 g/mol. The van der Waals surface area contributed by atoms with Crippen molar-refractivity contribution in [2.45, 2.75) is 39.2 Å². The van der Waals surface area contributed by atoms with E-state index in [1.807, 2.05) is 24.3 Å². The van der Waals surface area contributed by atoms with Gasteiger partial charge in [0, 0.05) is 30.2 Å². The van der Waals surface area contributed by atoms with Crippen molar-refractivity contribution in [3.8, 4) is 11.5 Å². The molecule has 3 heterocycles. The van der Waals surface area contributed by atoms with Crippen LogP contribution < -0.4 is 14.8 Å². The number of nitrogens with one attached hydrogen (secondary N) is 1. The fourth-order valence-electron chi connectivity index (χ4n) is 3.96. The first-order valence-corrected chi connectivity index (χ1v) is 11.0. The first-order valence-electron chi connectivity index (χ1n) is 11.0. The fraction of sp³-hybridized carbons (Fsp3) is 0.458. The zero-order chi connectivity index (χ0) is 22.9. The monoisotopic (exact) mass is 440 g/mol. The first kappa shape index (κ1) is 23.5. The molecule has 0 aliphatic carbocycles. The lowest BCUT2D eigenvalue weighted by Crippen LogP contribution is -2.21. The number of carbonyl (C=O) groups is 1. The highest BCUT2D eigenvalue weighted by molar-refractivity contribution is 6.06. The predicted octanol–water partition coefficient (Wildman–Crippen LogP) is 4.18. The Morgan fingerprint density at radius 1 is 1.22 bits per heavy atom. The van der Waals surface area contributed by atoms with Crippen LogP contribution in [0.15, 0.2) is 30.5 Å². The molecular formula is C24H32N4O4. The zero-order valence-corrected chi connectivity index (χ0v) is 19.0. The Kier molecular flexibility index (Phi) is 8.44. The summed E-state index contributed by atoms with van der Waals surface area (Å²) in [5, 5.41) is 11.4. The van der Waals surface area contributed by atoms with Gasteiger partial charge in [0.2, 0.25) is 0 Å². The number of fused-ring (bicyclic) bond motifs is 2. The van der Waals surface area contributed by atoms with Crippen molar-refractivity contribution >= 4 is 34.1 Å². The second-order valence-corrected chi connectivity index (χ2v) is 8.03. The van der Waals surface area contributed by atoms with Gasteiger partial charge in [0.15, 0.2) is 11.5 Å². The smallest absolute Gasteiger partial charge is 0.290 e. The van der Waals surface area contributed by atoms with Crippen LogP contribution in [0.2, 0.25) is 0 Å². The highest BCUT2D eigenvalue weighted by Gasteiger charge is 2.16. The van der Waals surface area contributed by atoms with Gasteiger partial charge in [-0.25, -0.2) is 4.98 Å². The molecule has 32 heavy (non-hydrogen) atoms. The molecule has 1 fully saturated rings. The summed E-state index contributed by atoms with van der Waals surface area (Å²) < 4.78 is 11.7. The molecule has 1 aromatic carbocycles. The number of hydrogen-bond donors (Lipinski definition) is 2. The molecule has 0 spiro atoms. The third-order valence-corrected chi connectivity index (χ3v) is 5.32. The molecule has 0 saturated carbocycles. The van der Waals surface area contributed by atoms with Crippen LogP contribution in [0.1, 0.15) is 33.1 Å². The van der Waals surface area contributed by atoms with E-state index in [-0.39, 0.29) is 12.5 Å². The molecule has 1 saturated heterocycles. The van der Waals surface area contributed by atoms with Crippen LogP contribution in [-0.2, 0) is 4.79 Å². The summed E-state index contributed by atoms with van der Waals surface area (Å²) in [6, 6.07) is 8.19. The number of likely N-dealkylation sites (tertiary alicyclic amines) is 1. The average Bonchev–Trinajstić information content (AvgIpc) is 3.30. The zero-order valence-electron chi connectivity index (χ0n) is 19.0. The van der Waals surface area contributed by atoms with Crippen molar-refractivity contribution in [2.75, 3.05) is 38.7 Å². The quantitative estimate of drug-likeness (QED) is 0.306. The molecular weight excluding hydrogens is 408 g/mol. The molecule has 0 amide bonds. The number of hydrogen-bond acceptors (Lipinski definition) is 7. The lowest BCUT2D eigenvalue weighted by atomic mass is 10.1. The van der Waals surface area contributed by atoms with E-state index in [4.69, 9.17) is 24.4 Å². The molecule has 1 aliphatic rings. The topological polar surface area (TPSA) is 96.8 Å². The number of nitrogens with zero attached hydrogens (tertiary/aromatic N) is 3. The molecule has 0 radical (unpaired) electrons. The van der Waals surface area contributed by atoms with E-state index in [0.717, 1.165) is 52.1 Å². The lowest BCUT2D eigenvalue weighted by molar-refractivity contribution is -0.122. The maximum absolute atomic E-state index is 8.36. The van der Waals surface area contributed by atoms with Gasteiger partial charge in [-0.3, -0.25) is 9.78 Å². The molecule has 3 aromatic rings. The first-order chi connectivity index (χ1) is 15.6. The van der Waals surface area contributed by atoms with Crippen LogP contribution in [0.5, 0.6) is 11.5 Å². The minimum atomic E-state index is -0.250. The molecule has 2 N–H and O–H groups in total. The van der Waals surface area contributed by atoms with Crippen molar-refractivity contribution in [2.24, 2.45) is 0 Å². The largest absolute Gasteiger partial charge is 0.493 e. The van der Waals surface area contributed by atoms with E-state index in [9.17, 15) is 0 Å². The Labute approximate surface area is 188 Å². The van der Waals surface area contributed by atoms with E-state index in [2.05, 4.69) is 29.0 Å². The molecule has 1 aliphatic heterocycles. The van der Waals surface area contributed by atoms with Gasteiger partial charge in [0.25, 0.3) is 6.47 Å². The third kappa shape index (κ3) is 5.76. The molecule has 0 unspecified atom stereocenters. The second kappa shape index (κ2) is 11.5. The fourth-order valence-corrected chi connectivity index (χ4v) is 3.96. The summed E-state index contributed by atoms with van der Waals surface area (Å²) in [7, 11) is 1.68. The van der Waals surface area contributed by atoms with Crippen molar-refractivity contribution in [1.82, 2.24) is 14.9 Å². The Hall–Kier alpha value is -3.13. The highest BCUT2D eigenvalue weighted by atomic mass is 16.5. The summed E-state index contributed by atoms with van der Waals surface area (Å²) >= 11 is 0.